The third-order valence-corrected chi connectivity index (χ3v) is 14.4. The van der Waals surface area contributed by atoms with Crippen molar-refractivity contribution in [1.29, 1.82) is 0 Å². The summed E-state index contributed by atoms with van der Waals surface area (Å²) in [5, 5.41) is 7.08. The summed E-state index contributed by atoms with van der Waals surface area (Å²) in [6, 6.07) is 78.6. The van der Waals surface area contributed by atoms with E-state index in [0.29, 0.717) is 17.4 Å². The molecule has 0 spiro atoms. The number of hydrogen-bond donors (Lipinski definition) is 0. The van der Waals surface area contributed by atoms with Crippen LogP contribution in [0.5, 0.6) is 11.5 Å². The molecule has 13 aromatic rings. The van der Waals surface area contributed by atoms with Crippen LogP contribution in [0.2, 0.25) is 0 Å². The third kappa shape index (κ3) is 7.16. The van der Waals surface area contributed by atoms with E-state index in [1.165, 1.54) is 27.1 Å². The summed E-state index contributed by atoms with van der Waals surface area (Å²) in [5.74, 6) is 2.37. The van der Waals surface area contributed by atoms with Crippen LogP contribution in [-0.2, 0) is 27.5 Å². The van der Waals surface area contributed by atoms with Crippen molar-refractivity contribution in [2.24, 2.45) is 5.92 Å². The molecule has 1 aliphatic heterocycles. The van der Waals surface area contributed by atoms with Gasteiger partial charge in [0.1, 0.15) is 5.82 Å². The van der Waals surface area contributed by atoms with Gasteiger partial charge in [-0.2, -0.15) is 18.8 Å². The average Bonchev–Trinajstić information content (AvgIpc) is 4.15. The summed E-state index contributed by atoms with van der Waals surface area (Å²) in [6.45, 7) is 6.69. The first kappa shape index (κ1) is 44.6. The first-order valence-electron chi connectivity index (χ1n) is 24.7. The van der Waals surface area contributed by atoms with E-state index in [0.717, 1.165) is 95.7 Å². The Morgan fingerprint density at radius 3 is 1.55 bits per heavy atom. The molecule has 7 nitrogen and oxygen atoms in total. The van der Waals surface area contributed by atoms with Crippen LogP contribution < -0.4 is 14.5 Å². The normalized spacial score (nSPS) is 12.5. The largest absolute Gasteiger partial charge is 0.509 e. The molecule has 9 aromatic carbocycles. The van der Waals surface area contributed by atoms with Crippen LogP contribution >= 0.6 is 0 Å². The van der Waals surface area contributed by atoms with Crippen molar-refractivity contribution < 1.29 is 25.8 Å². The van der Waals surface area contributed by atoms with E-state index >= 15 is 0 Å². The molecule has 0 amide bonds. The Kier molecular flexibility index (Phi) is 10.8. The zero-order valence-electron chi connectivity index (χ0n) is 40.4. The zero-order valence-corrected chi connectivity index (χ0v) is 42.7. The van der Waals surface area contributed by atoms with E-state index < -0.39 is 0 Å². The average molecular weight is 1120 g/mol. The van der Waals surface area contributed by atoms with E-state index in [9.17, 15) is 0 Å². The Morgan fingerprint density at radius 1 is 0.493 bits per heavy atom. The number of pyridine rings is 1. The summed E-state index contributed by atoms with van der Waals surface area (Å²) >= 11 is 0. The molecule has 0 atom stereocenters. The molecule has 8 heteroatoms. The maximum Gasteiger partial charge on any atom is 0.135 e. The van der Waals surface area contributed by atoms with Crippen molar-refractivity contribution in [3.05, 3.63) is 231 Å². The molecular weight excluding hydrogens is 1080 g/mol. The van der Waals surface area contributed by atoms with Gasteiger partial charge in [-0.1, -0.05) is 129 Å². The Balaban J connectivity index is 0.00000516. The van der Waals surface area contributed by atoms with Gasteiger partial charge in [0.25, 0.3) is 0 Å². The maximum atomic E-state index is 6.66. The van der Waals surface area contributed by atoms with Crippen molar-refractivity contribution in [2.45, 2.75) is 20.3 Å². The fourth-order valence-electron chi connectivity index (χ4n) is 11.4. The van der Waals surface area contributed by atoms with Crippen molar-refractivity contribution in [2.75, 3.05) is 16.8 Å². The van der Waals surface area contributed by atoms with Gasteiger partial charge in [0.2, 0.25) is 0 Å². The summed E-state index contributed by atoms with van der Waals surface area (Å²) in [5.41, 5.74) is 15.3. The van der Waals surface area contributed by atoms with E-state index in [2.05, 4.69) is 251 Å². The Hall–Kier alpha value is -8.38. The van der Waals surface area contributed by atoms with Crippen LogP contribution in [0, 0.1) is 24.7 Å². The number of hydrogen-bond acceptors (Lipinski definition) is 4. The predicted molar refractivity (Wildman–Crippen MR) is 297 cm³/mol. The standard InChI is InChI=1S/C65H47N6O.Pt/c1-42(2)36-43-37-64(71-58-29-13-8-24-51(58)52-35-34-46(39-63(52)71)72-45-19-16-18-44(38-45)68-41-67(3)59-30-14-15-31-60(59)68)66-40-53(43)65-61(69-54-25-9-4-20-47(54)48-21-5-10-26-55(48)69)32-17-33-62(65)70-56-27-11-6-22-49(56)50-23-7-12-28-57(50)70;/h4-35,37,40-42H,36H2,1-3H3;/q-3;. The van der Waals surface area contributed by atoms with Gasteiger partial charge >= 0.3 is 0 Å². The number of aromatic nitrogens is 4. The molecule has 0 radical (unpaired) electrons. The van der Waals surface area contributed by atoms with Gasteiger partial charge in [-0.25, -0.2) is 4.98 Å². The van der Waals surface area contributed by atoms with Crippen molar-refractivity contribution in [3.8, 4) is 39.8 Å². The molecule has 0 N–H and O–H groups in total. The predicted octanol–water partition coefficient (Wildman–Crippen LogP) is 16.3. The topological polar surface area (TPSA) is 43.4 Å². The van der Waals surface area contributed by atoms with Gasteiger partial charge in [0.05, 0.1) is 33.4 Å². The number of anilines is 3. The van der Waals surface area contributed by atoms with Crippen molar-refractivity contribution >= 4 is 82.5 Å². The zero-order chi connectivity index (χ0) is 48.0. The Labute approximate surface area is 438 Å². The van der Waals surface area contributed by atoms with Gasteiger partial charge in [-0.15, -0.1) is 41.4 Å². The molecule has 5 heterocycles. The monoisotopic (exact) mass is 1120 g/mol. The second-order valence-electron chi connectivity index (χ2n) is 19.2. The number of fused-ring (bicyclic) bond motifs is 10. The first-order valence-corrected chi connectivity index (χ1v) is 24.7. The Morgan fingerprint density at radius 2 is 0.973 bits per heavy atom. The molecule has 0 saturated heterocycles. The molecule has 0 aliphatic carbocycles. The van der Waals surface area contributed by atoms with Crippen LogP contribution in [0.1, 0.15) is 19.4 Å². The summed E-state index contributed by atoms with van der Waals surface area (Å²) in [7, 11) is 2.06. The number of para-hydroxylation sites is 7. The van der Waals surface area contributed by atoms with Crippen molar-refractivity contribution in [1.82, 2.24) is 18.7 Å². The first-order chi connectivity index (χ1) is 35.5. The minimum Gasteiger partial charge on any atom is -0.509 e. The molecule has 4 aromatic heterocycles. The van der Waals surface area contributed by atoms with Gasteiger partial charge in [0.15, 0.2) is 0 Å². The van der Waals surface area contributed by atoms with Gasteiger partial charge in [-0.05, 0) is 91.0 Å². The second-order valence-corrected chi connectivity index (χ2v) is 19.2. The molecule has 73 heavy (non-hydrogen) atoms. The fraction of sp³-hybridized carbons (Fsp3) is 0.0769. The molecule has 14 rings (SSSR count). The van der Waals surface area contributed by atoms with E-state index in [1.54, 1.807) is 0 Å². The smallest absolute Gasteiger partial charge is 0.135 e. The van der Waals surface area contributed by atoms with E-state index in [4.69, 9.17) is 9.72 Å². The third-order valence-electron chi connectivity index (χ3n) is 14.4. The molecular formula is C65H47N6OPt-3. The molecule has 0 unspecified atom stereocenters. The van der Waals surface area contributed by atoms with Gasteiger partial charge in [-0.3, -0.25) is 0 Å². The van der Waals surface area contributed by atoms with Gasteiger partial charge < -0.3 is 28.2 Å². The molecule has 0 fully saturated rings. The summed E-state index contributed by atoms with van der Waals surface area (Å²) in [4.78, 5) is 9.79. The molecule has 0 saturated carbocycles. The molecule has 356 valence electrons. The van der Waals surface area contributed by atoms with Crippen molar-refractivity contribution in [3.63, 3.8) is 0 Å². The van der Waals surface area contributed by atoms with Crippen LogP contribution in [0.25, 0.3) is 93.7 Å². The molecule has 1 aliphatic rings. The number of nitrogens with zero attached hydrogens (tertiary/aromatic N) is 6. The van der Waals surface area contributed by atoms with E-state index in [-0.39, 0.29) is 21.1 Å². The number of ether oxygens (including phenoxy) is 1. The summed E-state index contributed by atoms with van der Waals surface area (Å²) in [6.07, 6.45) is 2.96. The number of benzene rings is 9. The van der Waals surface area contributed by atoms with Crippen LogP contribution in [0.4, 0.5) is 17.1 Å². The summed E-state index contributed by atoms with van der Waals surface area (Å²) < 4.78 is 13.8. The minimum atomic E-state index is 0. The SMILES string of the molecule is CC(C)Cc1cc(-n2c3[c-]c(Oc4[c-]c(N5[CH-]N(C)c6ccccc65)ccc4)ccc3c3ccccc32)ncc1-c1c(-n2c3ccccc3c3ccccc32)cccc1-n1c2ccccc2c2ccccc21.[Pt]. The quantitative estimate of drug-likeness (QED) is 0.135. The van der Waals surface area contributed by atoms with E-state index in [1.807, 2.05) is 18.2 Å². The number of rotatable bonds is 9. The van der Waals surface area contributed by atoms with Crippen LogP contribution in [0.3, 0.4) is 0 Å². The van der Waals surface area contributed by atoms with Gasteiger partial charge in [0, 0.05) is 88.3 Å². The second kappa shape index (κ2) is 17.7. The fourth-order valence-corrected chi connectivity index (χ4v) is 11.4. The molecule has 0 bridgehead atoms. The van der Waals surface area contributed by atoms with Crippen LogP contribution in [0.15, 0.2) is 206 Å². The minimum absolute atomic E-state index is 0. The maximum absolute atomic E-state index is 6.66. The van der Waals surface area contributed by atoms with Crippen LogP contribution in [-0.4, -0.2) is 25.7 Å². The Bertz CT molecular complexity index is 4060.